The summed E-state index contributed by atoms with van der Waals surface area (Å²) in [6.45, 7) is 0.379. The smallest absolute Gasteiger partial charge is 0.262 e. The third-order valence-electron chi connectivity index (χ3n) is 2.63. The van der Waals surface area contributed by atoms with Crippen LogP contribution in [0.2, 0.25) is 5.15 Å². The Labute approximate surface area is 112 Å². The lowest BCUT2D eigenvalue weighted by atomic mass is 10.3. The van der Waals surface area contributed by atoms with Crippen LogP contribution in [0.25, 0.3) is 10.2 Å². The molecule has 6 heteroatoms. The molecule has 0 spiro atoms. The summed E-state index contributed by atoms with van der Waals surface area (Å²) in [7, 11) is 0. The van der Waals surface area contributed by atoms with Crippen LogP contribution in [0, 0.1) is 0 Å². The minimum absolute atomic E-state index is 0.0545. The molecular formula is C12H8ClN3OS. The number of halogens is 1. The molecule has 0 saturated carbocycles. The van der Waals surface area contributed by atoms with Crippen molar-refractivity contribution in [3.05, 3.63) is 57.2 Å². The van der Waals surface area contributed by atoms with Crippen LogP contribution in [0.4, 0.5) is 0 Å². The van der Waals surface area contributed by atoms with Crippen molar-refractivity contribution in [2.24, 2.45) is 0 Å². The maximum absolute atomic E-state index is 12.2. The molecule has 0 bridgehead atoms. The first-order valence-corrected chi connectivity index (χ1v) is 6.53. The highest BCUT2D eigenvalue weighted by Crippen LogP contribution is 2.15. The lowest BCUT2D eigenvalue weighted by molar-refractivity contribution is 0.746. The average Bonchev–Trinajstić information content (AvgIpc) is 2.84. The summed E-state index contributed by atoms with van der Waals surface area (Å²) in [5, 5.41) is 2.91. The van der Waals surface area contributed by atoms with Gasteiger partial charge in [-0.1, -0.05) is 17.7 Å². The van der Waals surface area contributed by atoms with Gasteiger partial charge in [-0.3, -0.25) is 9.36 Å². The second-order valence-electron chi connectivity index (χ2n) is 3.77. The highest BCUT2D eigenvalue weighted by Gasteiger charge is 2.07. The molecule has 0 saturated heterocycles. The van der Waals surface area contributed by atoms with Crippen LogP contribution in [0.3, 0.4) is 0 Å². The van der Waals surface area contributed by atoms with Crippen molar-refractivity contribution in [3.8, 4) is 0 Å². The lowest BCUT2D eigenvalue weighted by Gasteiger charge is -2.06. The molecule has 0 unspecified atom stereocenters. The molecule has 0 fully saturated rings. The highest BCUT2D eigenvalue weighted by atomic mass is 35.5. The Morgan fingerprint density at radius 2 is 2.22 bits per heavy atom. The first-order valence-electron chi connectivity index (χ1n) is 5.28. The number of aromatic nitrogens is 3. The van der Waals surface area contributed by atoms with E-state index in [2.05, 4.69) is 9.97 Å². The molecular weight excluding hydrogens is 270 g/mol. The average molecular weight is 278 g/mol. The summed E-state index contributed by atoms with van der Waals surface area (Å²) in [5.41, 5.74) is 0.749. The molecule has 18 heavy (non-hydrogen) atoms. The van der Waals surface area contributed by atoms with E-state index < -0.39 is 0 Å². The van der Waals surface area contributed by atoms with E-state index in [-0.39, 0.29) is 5.56 Å². The van der Waals surface area contributed by atoms with Gasteiger partial charge in [0.15, 0.2) is 0 Å². The number of rotatable bonds is 2. The van der Waals surface area contributed by atoms with Gasteiger partial charge in [-0.15, -0.1) is 11.3 Å². The van der Waals surface area contributed by atoms with E-state index in [1.54, 1.807) is 24.7 Å². The molecule has 4 nitrogen and oxygen atoms in total. The number of thiophene rings is 1. The van der Waals surface area contributed by atoms with Crippen LogP contribution in [0.15, 0.2) is 40.9 Å². The van der Waals surface area contributed by atoms with E-state index in [1.807, 2.05) is 11.4 Å². The summed E-state index contributed by atoms with van der Waals surface area (Å²) >= 11 is 7.44. The van der Waals surface area contributed by atoms with Gasteiger partial charge in [0.2, 0.25) is 0 Å². The van der Waals surface area contributed by atoms with Gasteiger partial charge in [0, 0.05) is 11.8 Å². The number of pyridine rings is 1. The molecule has 90 valence electrons. The topological polar surface area (TPSA) is 47.8 Å². The zero-order valence-electron chi connectivity index (χ0n) is 9.21. The quantitative estimate of drug-likeness (QED) is 0.677. The van der Waals surface area contributed by atoms with E-state index in [0.717, 1.165) is 10.4 Å². The van der Waals surface area contributed by atoms with E-state index in [1.165, 1.54) is 15.9 Å². The molecule has 0 N–H and O–H groups in total. The highest BCUT2D eigenvalue weighted by molar-refractivity contribution is 7.16. The van der Waals surface area contributed by atoms with E-state index in [4.69, 9.17) is 11.6 Å². The molecule has 0 aliphatic heterocycles. The number of nitrogens with zero attached hydrogens (tertiary/aromatic N) is 3. The molecule has 3 aromatic rings. The fraction of sp³-hybridized carbons (Fsp3) is 0.0833. The molecule has 0 aromatic carbocycles. The SMILES string of the molecule is O=c1c2ccsc2ncn1Cc1cccnc1Cl. The molecule has 3 rings (SSSR count). The zero-order valence-corrected chi connectivity index (χ0v) is 10.8. The molecule has 0 radical (unpaired) electrons. The monoisotopic (exact) mass is 277 g/mol. The summed E-state index contributed by atoms with van der Waals surface area (Å²) in [6.07, 6.45) is 3.17. The van der Waals surface area contributed by atoms with Crippen molar-refractivity contribution in [2.75, 3.05) is 0 Å². The Bertz CT molecular complexity index is 765. The molecule has 0 aliphatic rings. The van der Waals surface area contributed by atoms with Gasteiger partial charge in [0.25, 0.3) is 5.56 Å². The van der Waals surface area contributed by atoms with Crippen molar-refractivity contribution >= 4 is 33.2 Å². The maximum atomic E-state index is 12.2. The third kappa shape index (κ3) is 1.91. The largest absolute Gasteiger partial charge is 0.294 e. The van der Waals surface area contributed by atoms with E-state index in [9.17, 15) is 4.79 Å². The summed E-state index contributed by atoms with van der Waals surface area (Å²) in [6, 6.07) is 5.43. The van der Waals surface area contributed by atoms with Gasteiger partial charge in [0.1, 0.15) is 9.98 Å². The second kappa shape index (κ2) is 4.51. The van der Waals surface area contributed by atoms with Crippen LogP contribution < -0.4 is 5.56 Å². The number of hydrogen-bond acceptors (Lipinski definition) is 4. The Kier molecular flexibility index (Phi) is 2.85. The first-order chi connectivity index (χ1) is 8.75. The summed E-state index contributed by atoms with van der Waals surface area (Å²) < 4.78 is 1.54. The van der Waals surface area contributed by atoms with Crippen molar-refractivity contribution in [1.82, 2.24) is 14.5 Å². The third-order valence-corrected chi connectivity index (χ3v) is 3.79. The van der Waals surface area contributed by atoms with E-state index in [0.29, 0.717) is 17.1 Å². The fourth-order valence-corrected chi connectivity index (χ4v) is 2.63. The maximum Gasteiger partial charge on any atom is 0.262 e. The van der Waals surface area contributed by atoms with Gasteiger partial charge >= 0.3 is 0 Å². The van der Waals surface area contributed by atoms with Crippen LogP contribution in [-0.4, -0.2) is 14.5 Å². The normalized spacial score (nSPS) is 10.9. The van der Waals surface area contributed by atoms with Gasteiger partial charge < -0.3 is 0 Å². The predicted molar refractivity (Wildman–Crippen MR) is 72.2 cm³/mol. The van der Waals surface area contributed by atoms with Crippen molar-refractivity contribution in [2.45, 2.75) is 6.54 Å². The standard InChI is InChI=1S/C12H8ClN3OS/c13-10-8(2-1-4-14-10)6-16-7-15-11-9(12(16)17)3-5-18-11/h1-5,7H,6H2. The van der Waals surface area contributed by atoms with Crippen LogP contribution >= 0.6 is 22.9 Å². The molecule has 3 heterocycles. The Balaban J connectivity index is 2.08. The van der Waals surface area contributed by atoms with Gasteiger partial charge in [-0.2, -0.15) is 0 Å². The molecule has 0 amide bonds. The minimum Gasteiger partial charge on any atom is -0.294 e. The summed E-state index contributed by atoms with van der Waals surface area (Å²) in [5.74, 6) is 0. The number of hydrogen-bond donors (Lipinski definition) is 0. The first kappa shape index (κ1) is 11.4. The predicted octanol–water partition coefficient (Wildman–Crippen LogP) is 2.55. The van der Waals surface area contributed by atoms with Crippen molar-refractivity contribution in [1.29, 1.82) is 0 Å². The lowest BCUT2D eigenvalue weighted by Crippen LogP contribution is -2.20. The van der Waals surface area contributed by atoms with Gasteiger partial charge in [-0.05, 0) is 17.5 Å². The van der Waals surface area contributed by atoms with Crippen molar-refractivity contribution < 1.29 is 0 Å². The van der Waals surface area contributed by atoms with Crippen LogP contribution in [0.5, 0.6) is 0 Å². The second-order valence-corrected chi connectivity index (χ2v) is 5.02. The van der Waals surface area contributed by atoms with E-state index >= 15 is 0 Å². The van der Waals surface area contributed by atoms with Crippen molar-refractivity contribution in [3.63, 3.8) is 0 Å². The number of fused-ring (bicyclic) bond motifs is 1. The zero-order chi connectivity index (χ0) is 12.5. The molecule has 0 aliphatic carbocycles. The fourth-order valence-electron chi connectivity index (χ4n) is 1.73. The summed E-state index contributed by atoms with van der Waals surface area (Å²) in [4.78, 5) is 21.2. The molecule has 3 aromatic heterocycles. The Morgan fingerprint density at radius 1 is 1.33 bits per heavy atom. The van der Waals surface area contributed by atoms with Gasteiger partial charge in [0.05, 0.1) is 18.3 Å². The van der Waals surface area contributed by atoms with Gasteiger partial charge in [-0.25, -0.2) is 9.97 Å². The minimum atomic E-state index is -0.0545. The van der Waals surface area contributed by atoms with Crippen LogP contribution in [-0.2, 0) is 6.54 Å². The van der Waals surface area contributed by atoms with Crippen LogP contribution in [0.1, 0.15) is 5.56 Å². The Morgan fingerprint density at radius 3 is 3.06 bits per heavy atom. The Hall–Kier alpha value is -1.72. The molecule has 0 atom stereocenters.